The van der Waals surface area contributed by atoms with Crippen LogP contribution in [0.4, 0.5) is 0 Å². The molecule has 1 amide bonds. The number of piperidine rings is 1. The molecule has 0 saturated carbocycles. The standard InChI is InChI=1S/C14H16INO3/c1-9-6-7-16(12(8-9)14(18)19)13(17)10-4-2-3-5-11(10)15/h2-5,9,12H,6-8H2,1H3,(H,18,19). The van der Waals surface area contributed by atoms with Crippen LogP contribution in [-0.2, 0) is 4.79 Å². The van der Waals surface area contributed by atoms with E-state index in [1.54, 1.807) is 12.1 Å². The van der Waals surface area contributed by atoms with Crippen LogP contribution in [0.15, 0.2) is 24.3 Å². The van der Waals surface area contributed by atoms with Crippen LogP contribution in [0.25, 0.3) is 0 Å². The zero-order valence-corrected chi connectivity index (χ0v) is 12.8. The zero-order valence-electron chi connectivity index (χ0n) is 10.7. The minimum absolute atomic E-state index is 0.177. The number of carboxylic acid groups (broad SMARTS) is 1. The van der Waals surface area contributed by atoms with Gasteiger partial charge in [0.2, 0.25) is 0 Å². The van der Waals surface area contributed by atoms with E-state index in [9.17, 15) is 14.7 Å². The van der Waals surface area contributed by atoms with Crippen molar-refractivity contribution in [1.82, 2.24) is 4.90 Å². The number of benzene rings is 1. The molecule has 2 unspecified atom stereocenters. The van der Waals surface area contributed by atoms with Crippen molar-refractivity contribution in [3.63, 3.8) is 0 Å². The number of hydrogen-bond acceptors (Lipinski definition) is 2. The minimum Gasteiger partial charge on any atom is -0.480 e. The van der Waals surface area contributed by atoms with Gasteiger partial charge in [-0.15, -0.1) is 0 Å². The Morgan fingerprint density at radius 1 is 1.37 bits per heavy atom. The Morgan fingerprint density at radius 3 is 2.68 bits per heavy atom. The normalized spacial score (nSPS) is 23.2. The first-order chi connectivity index (χ1) is 9.00. The fraction of sp³-hybridized carbons (Fsp3) is 0.429. The lowest BCUT2D eigenvalue weighted by Crippen LogP contribution is -2.49. The zero-order chi connectivity index (χ0) is 14.0. The second kappa shape index (κ2) is 5.90. The molecule has 0 spiro atoms. The number of carbonyl (C=O) groups is 2. The SMILES string of the molecule is CC1CCN(C(=O)c2ccccc2I)C(C(=O)O)C1. The number of rotatable bonds is 2. The van der Waals surface area contributed by atoms with Gasteiger partial charge in [0, 0.05) is 10.1 Å². The first-order valence-electron chi connectivity index (χ1n) is 6.29. The van der Waals surface area contributed by atoms with Crippen LogP contribution in [0.3, 0.4) is 0 Å². The summed E-state index contributed by atoms with van der Waals surface area (Å²) in [4.78, 5) is 25.3. The van der Waals surface area contributed by atoms with Crippen LogP contribution < -0.4 is 0 Å². The number of aliphatic carboxylic acids is 1. The Kier molecular flexibility index (Phi) is 4.44. The fourth-order valence-electron chi connectivity index (χ4n) is 2.41. The summed E-state index contributed by atoms with van der Waals surface area (Å²) in [6, 6.07) is 6.58. The average Bonchev–Trinajstić information content (AvgIpc) is 2.38. The maximum absolute atomic E-state index is 12.5. The highest BCUT2D eigenvalue weighted by atomic mass is 127. The summed E-state index contributed by atoms with van der Waals surface area (Å²) < 4.78 is 0.855. The van der Waals surface area contributed by atoms with Gasteiger partial charge in [0.1, 0.15) is 6.04 Å². The van der Waals surface area contributed by atoms with E-state index in [4.69, 9.17) is 0 Å². The van der Waals surface area contributed by atoms with Crippen LogP contribution in [0.2, 0.25) is 0 Å². The Balaban J connectivity index is 2.27. The molecular weight excluding hydrogens is 357 g/mol. The van der Waals surface area contributed by atoms with Gasteiger partial charge in [-0.2, -0.15) is 0 Å². The number of halogens is 1. The molecule has 5 heteroatoms. The molecule has 1 aliphatic heterocycles. The van der Waals surface area contributed by atoms with E-state index in [0.717, 1.165) is 9.99 Å². The summed E-state index contributed by atoms with van der Waals surface area (Å²) in [5, 5.41) is 9.30. The summed E-state index contributed by atoms with van der Waals surface area (Å²) >= 11 is 2.11. The molecule has 1 aromatic carbocycles. The first-order valence-corrected chi connectivity index (χ1v) is 7.37. The summed E-state index contributed by atoms with van der Waals surface area (Å²) in [6.45, 7) is 2.55. The van der Waals surface area contributed by atoms with Crippen LogP contribution >= 0.6 is 22.6 Å². The largest absolute Gasteiger partial charge is 0.480 e. The predicted molar refractivity (Wildman–Crippen MR) is 80.0 cm³/mol. The lowest BCUT2D eigenvalue weighted by atomic mass is 9.92. The molecule has 1 heterocycles. The number of amides is 1. The topological polar surface area (TPSA) is 57.6 Å². The Bertz CT molecular complexity index is 503. The summed E-state index contributed by atoms with van der Waals surface area (Å²) in [7, 11) is 0. The maximum Gasteiger partial charge on any atom is 0.326 e. The van der Waals surface area contributed by atoms with Crippen molar-refractivity contribution in [2.75, 3.05) is 6.54 Å². The van der Waals surface area contributed by atoms with Crippen LogP contribution in [0, 0.1) is 9.49 Å². The molecule has 0 radical (unpaired) electrons. The van der Waals surface area contributed by atoms with Gasteiger partial charge in [-0.05, 0) is 53.5 Å². The highest BCUT2D eigenvalue weighted by Crippen LogP contribution is 2.25. The molecule has 1 aliphatic rings. The smallest absolute Gasteiger partial charge is 0.326 e. The molecule has 1 fully saturated rings. The van der Waals surface area contributed by atoms with Gasteiger partial charge >= 0.3 is 5.97 Å². The Hall–Kier alpha value is -1.11. The molecule has 19 heavy (non-hydrogen) atoms. The lowest BCUT2D eigenvalue weighted by molar-refractivity contribution is -0.144. The number of carboxylic acids is 1. The van der Waals surface area contributed by atoms with Crippen molar-refractivity contribution in [3.05, 3.63) is 33.4 Å². The molecule has 1 saturated heterocycles. The molecule has 0 bridgehead atoms. The Labute approximate surface area is 125 Å². The number of likely N-dealkylation sites (tertiary alicyclic amines) is 1. The molecule has 4 nitrogen and oxygen atoms in total. The highest BCUT2D eigenvalue weighted by molar-refractivity contribution is 14.1. The summed E-state index contributed by atoms with van der Waals surface area (Å²) in [5.74, 6) is -0.741. The van der Waals surface area contributed by atoms with E-state index in [2.05, 4.69) is 22.6 Å². The lowest BCUT2D eigenvalue weighted by Gasteiger charge is -2.36. The monoisotopic (exact) mass is 373 g/mol. The number of hydrogen-bond donors (Lipinski definition) is 1. The molecule has 0 aliphatic carbocycles. The molecule has 0 aromatic heterocycles. The van der Waals surface area contributed by atoms with E-state index in [1.807, 2.05) is 19.1 Å². The Morgan fingerprint density at radius 2 is 2.05 bits per heavy atom. The van der Waals surface area contributed by atoms with Gasteiger partial charge < -0.3 is 10.0 Å². The average molecular weight is 373 g/mol. The minimum atomic E-state index is -0.911. The summed E-state index contributed by atoms with van der Waals surface area (Å²) in [6.07, 6.45) is 1.39. The highest BCUT2D eigenvalue weighted by Gasteiger charge is 2.35. The van der Waals surface area contributed by atoms with Crippen molar-refractivity contribution in [3.8, 4) is 0 Å². The third-order valence-corrected chi connectivity index (χ3v) is 4.46. The van der Waals surface area contributed by atoms with Gasteiger partial charge in [0.15, 0.2) is 0 Å². The van der Waals surface area contributed by atoms with Crippen LogP contribution in [-0.4, -0.2) is 34.5 Å². The predicted octanol–water partition coefficient (Wildman–Crippen LogP) is 2.62. The van der Waals surface area contributed by atoms with Crippen molar-refractivity contribution in [2.45, 2.75) is 25.8 Å². The number of carbonyl (C=O) groups excluding carboxylic acids is 1. The van der Waals surface area contributed by atoms with Gasteiger partial charge in [0.25, 0.3) is 5.91 Å². The molecule has 2 atom stereocenters. The first kappa shape index (κ1) is 14.3. The van der Waals surface area contributed by atoms with Crippen molar-refractivity contribution < 1.29 is 14.7 Å². The van der Waals surface area contributed by atoms with Crippen LogP contribution in [0.5, 0.6) is 0 Å². The quantitative estimate of drug-likeness (QED) is 0.811. The third-order valence-electron chi connectivity index (χ3n) is 3.51. The second-order valence-corrected chi connectivity index (χ2v) is 6.12. The number of nitrogens with zero attached hydrogens (tertiary/aromatic N) is 1. The maximum atomic E-state index is 12.5. The van der Waals surface area contributed by atoms with Crippen LogP contribution in [0.1, 0.15) is 30.1 Å². The van der Waals surface area contributed by atoms with E-state index in [1.165, 1.54) is 4.90 Å². The molecule has 102 valence electrons. The van der Waals surface area contributed by atoms with Gasteiger partial charge in [-0.1, -0.05) is 19.1 Å². The molecule has 2 rings (SSSR count). The van der Waals surface area contributed by atoms with Crippen molar-refractivity contribution >= 4 is 34.5 Å². The van der Waals surface area contributed by atoms with Crippen molar-refractivity contribution in [2.24, 2.45) is 5.92 Å². The van der Waals surface area contributed by atoms with Gasteiger partial charge in [0.05, 0.1) is 5.56 Å². The van der Waals surface area contributed by atoms with E-state index in [-0.39, 0.29) is 5.91 Å². The van der Waals surface area contributed by atoms with E-state index in [0.29, 0.717) is 24.4 Å². The van der Waals surface area contributed by atoms with Crippen molar-refractivity contribution in [1.29, 1.82) is 0 Å². The van der Waals surface area contributed by atoms with E-state index >= 15 is 0 Å². The van der Waals surface area contributed by atoms with Gasteiger partial charge in [-0.3, -0.25) is 4.79 Å². The molecule has 1 aromatic rings. The third kappa shape index (κ3) is 3.08. The molecule has 1 N–H and O–H groups in total. The van der Waals surface area contributed by atoms with Gasteiger partial charge in [-0.25, -0.2) is 4.79 Å². The van der Waals surface area contributed by atoms with E-state index < -0.39 is 12.0 Å². The summed E-state index contributed by atoms with van der Waals surface area (Å²) in [5.41, 5.74) is 0.587. The molecular formula is C14H16INO3. The second-order valence-electron chi connectivity index (χ2n) is 4.96. The fourth-order valence-corrected chi connectivity index (χ4v) is 3.03.